The summed E-state index contributed by atoms with van der Waals surface area (Å²) in [5.41, 5.74) is 0.866. The second-order valence-corrected chi connectivity index (χ2v) is 6.26. The Labute approximate surface area is 157 Å². The Kier molecular flexibility index (Phi) is 5.11. The zero-order valence-corrected chi connectivity index (χ0v) is 14.5. The van der Waals surface area contributed by atoms with Crippen LogP contribution in [0.2, 0.25) is 10.0 Å². The molecule has 3 aromatic rings. The number of hydrogen-bond donors (Lipinski definition) is 1. The molecule has 0 atom stereocenters. The van der Waals surface area contributed by atoms with Crippen LogP contribution >= 0.6 is 23.2 Å². The fourth-order valence-electron chi connectivity index (χ4n) is 2.41. The molecule has 0 bridgehead atoms. The fourth-order valence-corrected chi connectivity index (χ4v) is 2.94. The molecule has 3 rings (SSSR count). The molecule has 0 heterocycles. The average molecular weight is 395 g/mol. The number of carbonyl (C=O) groups excluding carboxylic acids is 1. The molecule has 1 N–H and O–H groups in total. The third kappa shape index (κ3) is 3.95. The number of carbonyl (C=O) groups is 1. The Bertz CT molecular complexity index is 966. The van der Waals surface area contributed by atoms with E-state index in [9.17, 15) is 18.7 Å². The van der Waals surface area contributed by atoms with E-state index in [0.29, 0.717) is 33.5 Å². The van der Waals surface area contributed by atoms with E-state index in [1.165, 1.54) is 18.2 Å². The molecule has 26 heavy (non-hydrogen) atoms. The highest BCUT2D eigenvalue weighted by Crippen LogP contribution is 2.39. The van der Waals surface area contributed by atoms with E-state index in [0.717, 1.165) is 12.1 Å². The third-order valence-corrected chi connectivity index (χ3v) is 3.93. The minimum absolute atomic E-state index is 0.00821. The summed E-state index contributed by atoms with van der Waals surface area (Å²) in [7, 11) is 0. The summed E-state index contributed by atoms with van der Waals surface area (Å²) >= 11 is 12.0. The molecular weight excluding hydrogens is 385 g/mol. The maximum absolute atomic E-state index is 13.4. The molecule has 0 amide bonds. The molecule has 3 aromatic carbocycles. The van der Waals surface area contributed by atoms with Crippen LogP contribution in [0.3, 0.4) is 0 Å². The van der Waals surface area contributed by atoms with Crippen molar-refractivity contribution in [3.63, 3.8) is 0 Å². The summed E-state index contributed by atoms with van der Waals surface area (Å²) in [6.45, 7) is 0. The van der Waals surface area contributed by atoms with Crippen LogP contribution in [-0.2, 0) is 0 Å². The Morgan fingerprint density at radius 2 is 1.50 bits per heavy atom. The van der Waals surface area contributed by atoms with Crippen LogP contribution in [0.1, 0.15) is 10.4 Å². The van der Waals surface area contributed by atoms with Gasteiger partial charge >= 0.3 is 0 Å². The zero-order chi connectivity index (χ0) is 18.8. The van der Waals surface area contributed by atoms with Gasteiger partial charge in [-0.3, -0.25) is 4.79 Å². The smallest absolute Gasteiger partial charge is 0.153 e. The van der Waals surface area contributed by atoms with Crippen LogP contribution < -0.4 is 4.74 Å². The van der Waals surface area contributed by atoms with E-state index in [1.807, 2.05) is 0 Å². The van der Waals surface area contributed by atoms with Crippen molar-refractivity contribution < 1.29 is 23.4 Å². The first-order valence-electron chi connectivity index (χ1n) is 7.28. The highest BCUT2D eigenvalue weighted by Gasteiger charge is 2.15. The van der Waals surface area contributed by atoms with Crippen molar-refractivity contribution in [2.45, 2.75) is 0 Å². The van der Waals surface area contributed by atoms with E-state index in [2.05, 4.69) is 0 Å². The van der Waals surface area contributed by atoms with Crippen molar-refractivity contribution in [2.75, 3.05) is 0 Å². The van der Waals surface area contributed by atoms with Gasteiger partial charge in [0.05, 0.1) is 5.56 Å². The molecule has 132 valence electrons. The summed E-state index contributed by atoms with van der Waals surface area (Å²) in [6.07, 6.45) is 0.469. The van der Waals surface area contributed by atoms with Crippen LogP contribution in [0, 0.1) is 11.6 Å². The highest BCUT2D eigenvalue weighted by atomic mass is 35.5. The molecule has 0 aliphatic carbocycles. The lowest BCUT2D eigenvalue weighted by Gasteiger charge is -2.14. The number of aromatic hydroxyl groups is 1. The number of halogens is 4. The molecule has 0 saturated carbocycles. The van der Waals surface area contributed by atoms with Crippen LogP contribution in [0.15, 0.2) is 48.5 Å². The summed E-state index contributed by atoms with van der Waals surface area (Å²) in [5.74, 6) is -2.03. The largest absolute Gasteiger partial charge is 0.507 e. The molecule has 0 aliphatic rings. The first-order chi connectivity index (χ1) is 12.4. The van der Waals surface area contributed by atoms with Crippen LogP contribution in [-0.4, -0.2) is 11.4 Å². The van der Waals surface area contributed by atoms with Gasteiger partial charge < -0.3 is 9.84 Å². The third-order valence-electron chi connectivity index (χ3n) is 3.49. The molecule has 0 fully saturated rings. The lowest BCUT2D eigenvalue weighted by Crippen LogP contribution is -1.93. The zero-order valence-electron chi connectivity index (χ0n) is 13.0. The molecule has 7 heteroatoms. The fraction of sp³-hybridized carbons (Fsp3) is 0. The lowest BCUT2D eigenvalue weighted by molar-refractivity contribution is 0.112. The van der Waals surface area contributed by atoms with Gasteiger partial charge in [-0.1, -0.05) is 23.2 Å². The summed E-state index contributed by atoms with van der Waals surface area (Å²) in [6, 6.07) is 9.91. The van der Waals surface area contributed by atoms with Gasteiger partial charge in [0, 0.05) is 39.9 Å². The predicted molar refractivity (Wildman–Crippen MR) is 95.4 cm³/mol. The van der Waals surface area contributed by atoms with E-state index in [4.69, 9.17) is 27.9 Å². The molecule has 3 nitrogen and oxygen atoms in total. The van der Waals surface area contributed by atoms with E-state index < -0.39 is 11.6 Å². The first kappa shape index (κ1) is 18.2. The number of aldehydes is 1. The normalized spacial score (nSPS) is 10.6. The van der Waals surface area contributed by atoms with E-state index in [1.54, 1.807) is 12.1 Å². The molecule has 0 aromatic heterocycles. The van der Waals surface area contributed by atoms with Crippen molar-refractivity contribution in [3.05, 3.63) is 75.8 Å². The average Bonchev–Trinajstić information content (AvgIpc) is 2.53. The Morgan fingerprint density at radius 3 is 2.08 bits per heavy atom. The standard InChI is InChI=1S/C19H10Cl2F2O3/c20-12-1-10(2-13(21)4-12)17-3-11(9-24)18(25)8-19(17)26-16-6-14(22)5-15(23)7-16/h1-9,25H. The first-order valence-corrected chi connectivity index (χ1v) is 8.04. The quantitative estimate of drug-likeness (QED) is 0.532. The second kappa shape index (κ2) is 7.32. The molecule has 0 aliphatic heterocycles. The molecule has 0 spiro atoms. The van der Waals surface area contributed by atoms with Gasteiger partial charge in [-0.2, -0.15) is 0 Å². The maximum atomic E-state index is 13.4. The monoisotopic (exact) mass is 394 g/mol. The van der Waals surface area contributed by atoms with Gasteiger partial charge in [-0.15, -0.1) is 0 Å². The summed E-state index contributed by atoms with van der Waals surface area (Å²) < 4.78 is 32.4. The number of rotatable bonds is 4. The Hall–Kier alpha value is -2.63. The van der Waals surface area contributed by atoms with E-state index in [-0.39, 0.29) is 22.8 Å². The number of benzene rings is 3. The van der Waals surface area contributed by atoms with Gasteiger partial charge in [-0.05, 0) is 29.8 Å². The van der Waals surface area contributed by atoms with Gasteiger partial charge in [0.2, 0.25) is 0 Å². The summed E-state index contributed by atoms with van der Waals surface area (Å²) in [4.78, 5) is 11.2. The lowest BCUT2D eigenvalue weighted by atomic mass is 10.0. The highest BCUT2D eigenvalue weighted by molar-refractivity contribution is 6.35. The van der Waals surface area contributed by atoms with Gasteiger partial charge in [0.1, 0.15) is 28.9 Å². The van der Waals surface area contributed by atoms with Crippen LogP contribution in [0.5, 0.6) is 17.2 Å². The van der Waals surface area contributed by atoms with Crippen molar-refractivity contribution in [2.24, 2.45) is 0 Å². The second-order valence-electron chi connectivity index (χ2n) is 5.39. The van der Waals surface area contributed by atoms with Gasteiger partial charge in [-0.25, -0.2) is 8.78 Å². The van der Waals surface area contributed by atoms with Crippen molar-refractivity contribution >= 4 is 29.5 Å². The van der Waals surface area contributed by atoms with Gasteiger partial charge in [0.15, 0.2) is 6.29 Å². The van der Waals surface area contributed by atoms with Gasteiger partial charge in [0.25, 0.3) is 0 Å². The number of hydrogen-bond acceptors (Lipinski definition) is 3. The summed E-state index contributed by atoms with van der Waals surface area (Å²) in [5, 5.41) is 10.6. The molecular formula is C19H10Cl2F2O3. The molecule has 0 unspecified atom stereocenters. The van der Waals surface area contributed by atoms with Crippen LogP contribution in [0.25, 0.3) is 11.1 Å². The van der Waals surface area contributed by atoms with Crippen LogP contribution in [0.4, 0.5) is 8.78 Å². The number of phenols is 1. The minimum atomic E-state index is -0.818. The number of ether oxygens (including phenoxy) is 1. The Balaban J connectivity index is 2.17. The molecule has 0 saturated heterocycles. The van der Waals surface area contributed by atoms with Crippen molar-refractivity contribution in [1.82, 2.24) is 0 Å². The Morgan fingerprint density at radius 1 is 0.885 bits per heavy atom. The maximum Gasteiger partial charge on any atom is 0.153 e. The predicted octanol–water partition coefficient (Wildman–Crippen LogP) is 6.25. The van der Waals surface area contributed by atoms with Crippen molar-refractivity contribution in [3.8, 4) is 28.4 Å². The van der Waals surface area contributed by atoms with Crippen molar-refractivity contribution in [1.29, 1.82) is 0 Å². The SMILES string of the molecule is O=Cc1cc(-c2cc(Cl)cc(Cl)c2)c(Oc2cc(F)cc(F)c2)cc1O. The minimum Gasteiger partial charge on any atom is -0.507 e. The van der Waals surface area contributed by atoms with E-state index >= 15 is 0 Å². The molecule has 0 radical (unpaired) electrons. The number of phenolic OH excluding ortho intramolecular Hbond substituents is 1. The topological polar surface area (TPSA) is 46.5 Å².